The van der Waals surface area contributed by atoms with Crippen LogP contribution in [0.1, 0.15) is 52.4 Å². The van der Waals surface area contributed by atoms with E-state index in [0.717, 1.165) is 30.3 Å². The topological polar surface area (TPSA) is 12.0 Å². The van der Waals surface area contributed by atoms with Gasteiger partial charge in [0.2, 0.25) is 0 Å². The maximum absolute atomic E-state index is 3.74. The lowest BCUT2D eigenvalue weighted by atomic mass is 9.81. The highest BCUT2D eigenvalue weighted by Crippen LogP contribution is 2.45. The van der Waals surface area contributed by atoms with Crippen molar-refractivity contribution in [1.82, 2.24) is 5.32 Å². The molecule has 0 saturated heterocycles. The average molecular weight is 195 g/mol. The molecule has 2 aliphatic carbocycles. The molecule has 1 N–H and O–H groups in total. The SMILES string of the molecule is CCNC(C1CCCCC1)C1CC1C. The maximum atomic E-state index is 3.74. The quantitative estimate of drug-likeness (QED) is 0.726. The molecule has 2 aliphatic rings. The molecule has 0 aromatic carbocycles. The summed E-state index contributed by atoms with van der Waals surface area (Å²) in [6.07, 6.45) is 8.90. The minimum Gasteiger partial charge on any atom is -0.314 e. The molecule has 0 aromatic rings. The zero-order valence-corrected chi connectivity index (χ0v) is 9.76. The van der Waals surface area contributed by atoms with Gasteiger partial charge in [-0.2, -0.15) is 0 Å². The molecule has 0 aromatic heterocycles. The van der Waals surface area contributed by atoms with Crippen molar-refractivity contribution in [2.24, 2.45) is 17.8 Å². The van der Waals surface area contributed by atoms with Gasteiger partial charge in [-0.1, -0.05) is 33.1 Å². The first-order chi connectivity index (χ1) is 6.83. The largest absolute Gasteiger partial charge is 0.314 e. The maximum Gasteiger partial charge on any atom is 0.0126 e. The van der Waals surface area contributed by atoms with Gasteiger partial charge in [0, 0.05) is 6.04 Å². The zero-order chi connectivity index (χ0) is 9.97. The van der Waals surface area contributed by atoms with Crippen LogP contribution in [0.5, 0.6) is 0 Å². The Hall–Kier alpha value is -0.0400. The number of hydrogen-bond acceptors (Lipinski definition) is 1. The van der Waals surface area contributed by atoms with Gasteiger partial charge in [0.1, 0.15) is 0 Å². The van der Waals surface area contributed by atoms with Crippen LogP contribution in [0.25, 0.3) is 0 Å². The first-order valence-electron chi connectivity index (χ1n) is 6.56. The third-order valence-corrected chi connectivity index (χ3v) is 4.23. The number of nitrogens with one attached hydrogen (secondary N) is 1. The molecule has 3 unspecified atom stereocenters. The Morgan fingerprint density at radius 1 is 1.21 bits per heavy atom. The van der Waals surface area contributed by atoms with Gasteiger partial charge in [0.05, 0.1) is 0 Å². The smallest absolute Gasteiger partial charge is 0.0126 e. The Labute approximate surface area is 88.7 Å². The van der Waals surface area contributed by atoms with Crippen LogP contribution >= 0.6 is 0 Å². The lowest BCUT2D eigenvalue weighted by molar-refractivity contribution is 0.245. The molecular formula is C13H25N. The minimum atomic E-state index is 0.857. The summed E-state index contributed by atoms with van der Waals surface area (Å²) in [5.74, 6) is 3.01. The van der Waals surface area contributed by atoms with Crippen molar-refractivity contribution in [1.29, 1.82) is 0 Å². The Balaban J connectivity index is 1.88. The van der Waals surface area contributed by atoms with Gasteiger partial charge in [-0.05, 0) is 43.6 Å². The van der Waals surface area contributed by atoms with Crippen LogP contribution in [-0.2, 0) is 0 Å². The summed E-state index contributed by atoms with van der Waals surface area (Å²) < 4.78 is 0. The zero-order valence-electron chi connectivity index (χ0n) is 9.76. The second-order valence-corrected chi connectivity index (χ2v) is 5.36. The molecule has 2 saturated carbocycles. The van der Waals surface area contributed by atoms with Crippen LogP contribution in [0.3, 0.4) is 0 Å². The third-order valence-electron chi connectivity index (χ3n) is 4.23. The molecule has 1 nitrogen and oxygen atoms in total. The lowest BCUT2D eigenvalue weighted by Gasteiger charge is -2.31. The standard InChI is InChI=1S/C13H25N/c1-3-14-13(12-9-10(12)2)11-7-5-4-6-8-11/h10-14H,3-9H2,1-2H3. The molecule has 14 heavy (non-hydrogen) atoms. The molecule has 0 radical (unpaired) electrons. The van der Waals surface area contributed by atoms with E-state index < -0.39 is 0 Å². The second kappa shape index (κ2) is 4.65. The van der Waals surface area contributed by atoms with E-state index in [9.17, 15) is 0 Å². The molecule has 3 atom stereocenters. The molecule has 2 rings (SSSR count). The van der Waals surface area contributed by atoms with Gasteiger partial charge >= 0.3 is 0 Å². The van der Waals surface area contributed by atoms with Crippen LogP contribution in [0.4, 0.5) is 0 Å². The van der Waals surface area contributed by atoms with Crippen LogP contribution in [0.2, 0.25) is 0 Å². The summed E-state index contributed by atoms with van der Waals surface area (Å²) in [6.45, 7) is 5.82. The summed E-state index contributed by atoms with van der Waals surface area (Å²) in [4.78, 5) is 0. The van der Waals surface area contributed by atoms with Crippen molar-refractivity contribution in [3.05, 3.63) is 0 Å². The van der Waals surface area contributed by atoms with E-state index in [-0.39, 0.29) is 0 Å². The van der Waals surface area contributed by atoms with E-state index in [1.54, 1.807) is 0 Å². The van der Waals surface area contributed by atoms with Crippen LogP contribution in [-0.4, -0.2) is 12.6 Å². The summed E-state index contributed by atoms with van der Waals surface area (Å²) >= 11 is 0. The fourth-order valence-electron chi connectivity index (χ4n) is 3.25. The normalized spacial score (nSPS) is 35.6. The Morgan fingerprint density at radius 2 is 1.86 bits per heavy atom. The summed E-state index contributed by atoms with van der Waals surface area (Å²) in [5.41, 5.74) is 0. The Morgan fingerprint density at radius 3 is 2.36 bits per heavy atom. The van der Waals surface area contributed by atoms with Gasteiger partial charge in [0.15, 0.2) is 0 Å². The number of rotatable bonds is 4. The lowest BCUT2D eigenvalue weighted by Crippen LogP contribution is -2.39. The summed E-state index contributed by atoms with van der Waals surface area (Å²) in [6, 6.07) is 0.857. The predicted molar refractivity (Wildman–Crippen MR) is 61.3 cm³/mol. The Bertz CT molecular complexity index is 172. The Kier molecular flexibility index (Phi) is 3.48. The highest BCUT2D eigenvalue weighted by atomic mass is 14.9. The molecule has 1 heteroatoms. The molecule has 0 heterocycles. The van der Waals surface area contributed by atoms with Crippen molar-refractivity contribution in [2.75, 3.05) is 6.54 Å². The van der Waals surface area contributed by atoms with Gasteiger partial charge in [-0.3, -0.25) is 0 Å². The molecule has 82 valence electrons. The summed E-state index contributed by atoms with van der Waals surface area (Å²) in [5, 5.41) is 3.74. The first kappa shape index (κ1) is 10.5. The van der Waals surface area contributed by atoms with Gasteiger partial charge in [-0.15, -0.1) is 0 Å². The fraction of sp³-hybridized carbons (Fsp3) is 1.00. The van der Waals surface area contributed by atoms with Crippen molar-refractivity contribution < 1.29 is 0 Å². The van der Waals surface area contributed by atoms with Gasteiger partial charge < -0.3 is 5.32 Å². The number of hydrogen-bond donors (Lipinski definition) is 1. The monoisotopic (exact) mass is 195 g/mol. The van der Waals surface area contributed by atoms with E-state index >= 15 is 0 Å². The molecular weight excluding hydrogens is 170 g/mol. The molecule has 0 amide bonds. The molecule has 0 spiro atoms. The summed E-state index contributed by atoms with van der Waals surface area (Å²) in [7, 11) is 0. The minimum absolute atomic E-state index is 0.857. The molecule has 2 fully saturated rings. The van der Waals surface area contributed by atoms with E-state index in [0.29, 0.717) is 0 Å². The van der Waals surface area contributed by atoms with Crippen molar-refractivity contribution >= 4 is 0 Å². The third kappa shape index (κ3) is 2.31. The second-order valence-electron chi connectivity index (χ2n) is 5.36. The van der Waals surface area contributed by atoms with E-state index in [1.165, 1.54) is 38.5 Å². The highest BCUT2D eigenvalue weighted by Gasteiger charge is 2.42. The van der Waals surface area contributed by atoms with Crippen molar-refractivity contribution in [2.45, 2.75) is 58.4 Å². The predicted octanol–water partition coefficient (Wildman–Crippen LogP) is 3.20. The van der Waals surface area contributed by atoms with Crippen LogP contribution < -0.4 is 5.32 Å². The average Bonchev–Trinajstić information content (AvgIpc) is 2.93. The van der Waals surface area contributed by atoms with Gasteiger partial charge in [0.25, 0.3) is 0 Å². The van der Waals surface area contributed by atoms with E-state index in [1.807, 2.05) is 0 Å². The van der Waals surface area contributed by atoms with E-state index in [4.69, 9.17) is 0 Å². The van der Waals surface area contributed by atoms with Gasteiger partial charge in [-0.25, -0.2) is 0 Å². The molecule has 0 bridgehead atoms. The fourth-order valence-corrected chi connectivity index (χ4v) is 3.25. The molecule has 0 aliphatic heterocycles. The van der Waals surface area contributed by atoms with Crippen molar-refractivity contribution in [3.8, 4) is 0 Å². The van der Waals surface area contributed by atoms with Crippen LogP contribution in [0.15, 0.2) is 0 Å². The first-order valence-corrected chi connectivity index (χ1v) is 6.56. The van der Waals surface area contributed by atoms with Crippen molar-refractivity contribution in [3.63, 3.8) is 0 Å². The van der Waals surface area contributed by atoms with E-state index in [2.05, 4.69) is 19.2 Å². The highest BCUT2D eigenvalue weighted by molar-refractivity contribution is 4.96. The van der Waals surface area contributed by atoms with Crippen LogP contribution in [0, 0.1) is 17.8 Å².